The molecule has 3 amide bonds. The van der Waals surface area contributed by atoms with Crippen molar-refractivity contribution in [1.82, 2.24) is 15.5 Å². The second kappa shape index (κ2) is 11.5. The molecule has 1 heterocycles. The van der Waals surface area contributed by atoms with E-state index < -0.39 is 47.5 Å². The number of alkyl halides is 2. The molecule has 0 aliphatic carbocycles. The summed E-state index contributed by atoms with van der Waals surface area (Å²) < 4.78 is 29.6. The minimum Gasteiger partial charge on any atom is -0.380 e. The molecular weight excluding hydrogens is 446 g/mol. The van der Waals surface area contributed by atoms with Gasteiger partial charge >= 0.3 is 5.92 Å². The second-order valence-electron chi connectivity index (χ2n) is 9.06. The number of likely N-dealkylation sites (tertiary alicyclic amines) is 1. The molecule has 2 unspecified atom stereocenters. The molecule has 5 N–H and O–H groups in total. The van der Waals surface area contributed by atoms with E-state index in [1.54, 1.807) is 44.2 Å². The predicted octanol–water partition coefficient (Wildman–Crippen LogP) is 1.68. The number of carbonyl (C=O) groups is 3. The highest BCUT2D eigenvalue weighted by molar-refractivity contribution is 5.91. The lowest BCUT2D eigenvalue weighted by atomic mass is 10.0. The summed E-state index contributed by atoms with van der Waals surface area (Å²) in [7, 11) is 0. The summed E-state index contributed by atoms with van der Waals surface area (Å²) in [5.41, 5.74) is 6.28. The highest BCUT2D eigenvalue weighted by atomic mass is 19.3. The van der Waals surface area contributed by atoms with Crippen LogP contribution in [0.3, 0.4) is 0 Å². The van der Waals surface area contributed by atoms with Crippen LogP contribution in [0, 0.1) is 5.92 Å². The van der Waals surface area contributed by atoms with Gasteiger partial charge in [-0.05, 0) is 38.2 Å². The maximum Gasteiger partial charge on any atom is 0.355 e. The molecule has 3 atom stereocenters. The molecule has 1 aromatic rings. The van der Waals surface area contributed by atoms with Gasteiger partial charge in [0.15, 0.2) is 6.10 Å². The Morgan fingerprint density at radius 1 is 1.21 bits per heavy atom. The maximum absolute atomic E-state index is 14.8. The van der Waals surface area contributed by atoms with Gasteiger partial charge in [0.2, 0.25) is 11.8 Å². The Hall–Kier alpha value is -2.85. The number of rotatable bonds is 9. The predicted molar refractivity (Wildman–Crippen MR) is 123 cm³/mol. The van der Waals surface area contributed by atoms with Crippen molar-refractivity contribution in [1.29, 1.82) is 0 Å². The number of nitrogens with two attached hydrogens (primary N) is 1. The van der Waals surface area contributed by atoms with Crippen LogP contribution < -0.4 is 16.4 Å². The number of hydrogen-bond donors (Lipinski definition) is 4. The van der Waals surface area contributed by atoms with Crippen LogP contribution in [0.2, 0.25) is 0 Å². The molecule has 0 spiro atoms. The minimum absolute atomic E-state index is 0.139. The molecule has 2 rings (SSSR count). The molecule has 0 aromatic heterocycles. The number of aliphatic hydroxyl groups is 1. The number of nitrogens with zero attached hydrogens (tertiary/aromatic N) is 1. The SMILES string of the molecule is CC(C)=C(NC(=O)C1CCCN1C(=O)[C@@H](N)C(C)C)C(O)C(F)(F)C(=O)NCc1ccccc1. The highest BCUT2D eigenvalue weighted by Crippen LogP contribution is 2.27. The summed E-state index contributed by atoms with van der Waals surface area (Å²) >= 11 is 0. The molecule has 1 aliphatic heterocycles. The Labute approximate surface area is 198 Å². The van der Waals surface area contributed by atoms with E-state index in [0.29, 0.717) is 24.9 Å². The number of carbonyl (C=O) groups excluding carboxylic acids is 3. The lowest BCUT2D eigenvalue weighted by molar-refractivity contribution is -0.160. The van der Waals surface area contributed by atoms with Crippen molar-refractivity contribution in [3.63, 3.8) is 0 Å². The standard InChI is InChI=1S/C24H34F2N4O4/c1-14(2)18(27)22(33)30-12-8-11-17(30)21(32)29-19(15(3)4)20(31)24(25,26)23(34)28-13-16-9-6-5-7-10-16/h5-7,9-10,14,17-18,20,31H,8,11-13,27H2,1-4H3,(H,28,34)(H,29,32)/t17?,18-,20?/m0/s1. The molecule has 8 nitrogen and oxygen atoms in total. The summed E-state index contributed by atoms with van der Waals surface area (Å²) in [5, 5.41) is 14.9. The quantitative estimate of drug-likeness (QED) is 0.428. The number of halogens is 2. The van der Waals surface area contributed by atoms with Crippen molar-refractivity contribution in [3.05, 3.63) is 47.2 Å². The molecule has 1 saturated heterocycles. The van der Waals surface area contributed by atoms with Crippen LogP contribution in [-0.2, 0) is 20.9 Å². The number of allylic oxidation sites excluding steroid dienone is 1. The van der Waals surface area contributed by atoms with Gasteiger partial charge in [-0.3, -0.25) is 14.4 Å². The van der Waals surface area contributed by atoms with Crippen LogP contribution in [0.1, 0.15) is 46.1 Å². The molecule has 1 aliphatic rings. The number of hydrogen-bond acceptors (Lipinski definition) is 5. The molecule has 0 bridgehead atoms. The Morgan fingerprint density at radius 2 is 1.82 bits per heavy atom. The van der Waals surface area contributed by atoms with Gasteiger partial charge in [0.05, 0.1) is 11.7 Å². The summed E-state index contributed by atoms with van der Waals surface area (Å²) in [5.74, 6) is -7.12. The normalized spacial score (nSPS) is 17.8. The van der Waals surface area contributed by atoms with Crippen molar-refractivity contribution in [2.24, 2.45) is 11.7 Å². The number of aliphatic hydroxyl groups excluding tert-OH is 1. The van der Waals surface area contributed by atoms with Crippen LogP contribution in [-0.4, -0.2) is 58.4 Å². The zero-order valence-electron chi connectivity index (χ0n) is 20.0. The van der Waals surface area contributed by atoms with Gasteiger partial charge in [0.1, 0.15) is 6.04 Å². The number of benzene rings is 1. The van der Waals surface area contributed by atoms with Gasteiger partial charge in [0, 0.05) is 13.1 Å². The fourth-order valence-electron chi connectivity index (χ4n) is 3.66. The van der Waals surface area contributed by atoms with Crippen LogP contribution in [0.4, 0.5) is 8.78 Å². The second-order valence-corrected chi connectivity index (χ2v) is 9.06. The van der Waals surface area contributed by atoms with E-state index in [2.05, 4.69) is 10.6 Å². The van der Waals surface area contributed by atoms with E-state index in [4.69, 9.17) is 5.73 Å². The number of nitrogens with one attached hydrogen (secondary N) is 2. The van der Waals surface area contributed by atoms with Crippen molar-refractivity contribution < 1.29 is 28.3 Å². The van der Waals surface area contributed by atoms with E-state index in [9.17, 15) is 28.3 Å². The summed E-state index contributed by atoms with van der Waals surface area (Å²) in [4.78, 5) is 39.2. The van der Waals surface area contributed by atoms with Crippen molar-refractivity contribution >= 4 is 17.7 Å². The summed E-state index contributed by atoms with van der Waals surface area (Å²) in [6.07, 6.45) is -1.69. The third kappa shape index (κ3) is 6.38. The molecule has 188 valence electrons. The average Bonchev–Trinajstić information content (AvgIpc) is 3.29. The van der Waals surface area contributed by atoms with E-state index in [-0.39, 0.29) is 18.0 Å². The monoisotopic (exact) mass is 480 g/mol. The largest absolute Gasteiger partial charge is 0.380 e. The van der Waals surface area contributed by atoms with Crippen LogP contribution in [0.5, 0.6) is 0 Å². The first-order valence-electron chi connectivity index (χ1n) is 11.3. The summed E-state index contributed by atoms with van der Waals surface area (Å²) in [6.45, 7) is 6.62. The smallest absolute Gasteiger partial charge is 0.355 e. The first kappa shape index (κ1) is 27.4. The van der Waals surface area contributed by atoms with Gasteiger partial charge in [-0.25, -0.2) is 0 Å². The molecular formula is C24H34F2N4O4. The molecule has 34 heavy (non-hydrogen) atoms. The summed E-state index contributed by atoms with van der Waals surface area (Å²) in [6, 6.07) is 6.79. The van der Waals surface area contributed by atoms with Gasteiger partial charge in [0.25, 0.3) is 5.91 Å². The van der Waals surface area contributed by atoms with Crippen LogP contribution in [0.25, 0.3) is 0 Å². The van der Waals surface area contributed by atoms with Crippen molar-refractivity contribution in [2.75, 3.05) is 6.54 Å². The van der Waals surface area contributed by atoms with Gasteiger partial charge in [-0.2, -0.15) is 8.78 Å². The molecule has 1 fully saturated rings. The number of amides is 3. The lowest BCUT2D eigenvalue weighted by Crippen LogP contribution is -2.55. The third-order valence-corrected chi connectivity index (χ3v) is 5.85. The van der Waals surface area contributed by atoms with Gasteiger partial charge < -0.3 is 26.4 Å². The molecule has 1 aromatic carbocycles. The fraction of sp³-hybridized carbons (Fsp3) is 0.542. The first-order valence-corrected chi connectivity index (χ1v) is 11.3. The highest BCUT2D eigenvalue weighted by Gasteiger charge is 2.49. The lowest BCUT2D eigenvalue weighted by Gasteiger charge is -2.30. The topological polar surface area (TPSA) is 125 Å². The molecule has 10 heteroatoms. The Bertz CT molecular complexity index is 917. The Kier molecular flexibility index (Phi) is 9.29. The maximum atomic E-state index is 14.8. The minimum atomic E-state index is -4.21. The van der Waals surface area contributed by atoms with E-state index >= 15 is 0 Å². The van der Waals surface area contributed by atoms with Gasteiger partial charge in [-0.15, -0.1) is 0 Å². The van der Waals surface area contributed by atoms with Crippen molar-refractivity contribution in [2.45, 2.75) is 71.2 Å². The van der Waals surface area contributed by atoms with E-state index in [1.165, 1.54) is 18.7 Å². The third-order valence-electron chi connectivity index (χ3n) is 5.85. The molecule has 0 saturated carbocycles. The molecule has 0 radical (unpaired) electrons. The van der Waals surface area contributed by atoms with Gasteiger partial charge in [-0.1, -0.05) is 49.8 Å². The van der Waals surface area contributed by atoms with Crippen molar-refractivity contribution in [3.8, 4) is 0 Å². The zero-order chi connectivity index (χ0) is 25.6. The fourth-order valence-corrected chi connectivity index (χ4v) is 3.66. The Morgan fingerprint density at radius 3 is 2.38 bits per heavy atom. The Balaban J connectivity index is 2.12. The average molecular weight is 481 g/mol. The van der Waals surface area contributed by atoms with E-state index in [0.717, 1.165) is 0 Å². The zero-order valence-corrected chi connectivity index (χ0v) is 20.0. The van der Waals surface area contributed by atoms with Crippen LogP contribution >= 0.6 is 0 Å². The first-order chi connectivity index (χ1) is 15.9. The van der Waals surface area contributed by atoms with Crippen LogP contribution in [0.15, 0.2) is 41.6 Å². The van der Waals surface area contributed by atoms with E-state index in [1.807, 2.05) is 0 Å².